The summed E-state index contributed by atoms with van der Waals surface area (Å²) in [4.78, 5) is 18.6. The van der Waals surface area contributed by atoms with E-state index in [0.29, 0.717) is 18.3 Å². The molecule has 0 N–H and O–H groups in total. The van der Waals surface area contributed by atoms with Crippen molar-refractivity contribution in [1.29, 1.82) is 0 Å². The van der Waals surface area contributed by atoms with E-state index < -0.39 is 5.83 Å². The number of nitrogens with zero attached hydrogens (tertiary/aromatic N) is 4. The summed E-state index contributed by atoms with van der Waals surface area (Å²) in [7, 11) is 2.01. The second-order valence-corrected chi connectivity index (χ2v) is 8.58. The van der Waals surface area contributed by atoms with Crippen molar-refractivity contribution in [2.75, 3.05) is 11.4 Å². The number of rotatable bonds is 11. The summed E-state index contributed by atoms with van der Waals surface area (Å²) in [5.74, 6) is 0.666. The first-order valence-electron chi connectivity index (χ1n) is 10.7. The number of anilines is 1. The molecule has 1 aliphatic rings. The number of aromatic nitrogens is 3. The average Bonchev–Trinajstić information content (AvgIpc) is 3.54. The molecule has 1 amide bonds. The Bertz CT molecular complexity index is 878. The number of allylic oxidation sites excluding steroid dienone is 1. The molecule has 5 nitrogen and oxygen atoms in total. The minimum atomic E-state index is -0.470. The van der Waals surface area contributed by atoms with E-state index in [9.17, 15) is 9.18 Å². The maximum Gasteiger partial charge on any atom is 0.228 e. The van der Waals surface area contributed by atoms with Gasteiger partial charge in [-0.2, -0.15) is 5.10 Å². The van der Waals surface area contributed by atoms with E-state index in [1.807, 2.05) is 23.9 Å². The predicted molar refractivity (Wildman–Crippen MR) is 128 cm³/mol. The standard InChI is InChI=1S/C22H28BrFN4O.C2H4/c1-16(24)7-10-22(29)28(21-14-18(23)11-12-25-21)13-5-3-4-6-19-15-20(17-8-9-17)26-27(19)2;1-2/h11-12,14-15,17H,1,3-10,13H2,2H3;1-2H2. The number of unbranched alkanes of at least 4 members (excludes halogenated alkanes) is 2. The normalized spacial score (nSPS) is 12.7. The molecule has 2 aromatic heterocycles. The number of carbonyl (C=O) groups is 1. The van der Waals surface area contributed by atoms with Gasteiger partial charge in [0.25, 0.3) is 0 Å². The molecule has 0 saturated heterocycles. The molecule has 1 aliphatic carbocycles. The van der Waals surface area contributed by atoms with Crippen LogP contribution in [0.1, 0.15) is 62.3 Å². The third-order valence-corrected chi connectivity index (χ3v) is 5.69. The van der Waals surface area contributed by atoms with E-state index in [4.69, 9.17) is 0 Å². The number of carbonyl (C=O) groups excluding carboxylic acids is 1. The lowest BCUT2D eigenvalue weighted by molar-refractivity contribution is -0.118. The molecule has 0 radical (unpaired) electrons. The molecule has 2 heterocycles. The molecular formula is C24H32BrFN4O. The van der Waals surface area contributed by atoms with E-state index in [0.717, 1.165) is 30.2 Å². The predicted octanol–water partition coefficient (Wildman–Crippen LogP) is 6.27. The van der Waals surface area contributed by atoms with Gasteiger partial charge in [0.15, 0.2) is 0 Å². The smallest absolute Gasteiger partial charge is 0.228 e. The van der Waals surface area contributed by atoms with Crippen LogP contribution in [0.3, 0.4) is 0 Å². The topological polar surface area (TPSA) is 51.0 Å². The highest BCUT2D eigenvalue weighted by Crippen LogP contribution is 2.39. The van der Waals surface area contributed by atoms with Gasteiger partial charge in [-0.3, -0.25) is 14.4 Å². The monoisotopic (exact) mass is 490 g/mol. The molecule has 1 fully saturated rings. The molecule has 0 spiro atoms. The number of hydrogen-bond donors (Lipinski definition) is 0. The lowest BCUT2D eigenvalue weighted by Crippen LogP contribution is -2.32. The quantitative estimate of drug-likeness (QED) is 0.275. The Balaban J connectivity index is 0.00000166. The Kier molecular flexibility index (Phi) is 10.1. The van der Waals surface area contributed by atoms with Crippen molar-refractivity contribution in [3.8, 4) is 0 Å². The van der Waals surface area contributed by atoms with Gasteiger partial charge < -0.3 is 0 Å². The highest BCUT2D eigenvalue weighted by molar-refractivity contribution is 9.10. The maximum atomic E-state index is 13.0. The van der Waals surface area contributed by atoms with Crippen LogP contribution >= 0.6 is 15.9 Å². The molecule has 0 unspecified atom stereocenters. The second-order valence-electron chi connectivity index (χ2n) is 7.66. The molecule has 7 heteroatoms. The van der Waals surface area contributed by atoms with Gasteiger partial charge in [0.05, 0.1) is 11.5 Å². The fraction of sp³-hybridized carbons (Fsp3) is 0.458. The van der Waals surface area contributed by atoms with Gasteiger partial charge in [-0.25, -0.2) is 9.37 Å². The minimum Gasteiger partial charge on any atom is -0.297 e. The summed E-state index contributed by atoms with van der Waals surface area (Å²) in [5, 5.41) is 4.62. The molecular weight excluding hydrogens is 459 g/mol. The van der Waals surface area contributed by atoms with Crippen molar-refractivity contribution in [3.63, 3.8) is 0 Å². The number of aryl methyl sites for hydroxylation is 2. The van der Waals surface area contributed by atoms with Gasteiger partial charge in [-0.1, -0.05) is 28.9 Å². The van der Waals surface area contributed by atoms with Gasteiger partial charge in [0.2, 0.25) is 5.91 Å². The first kappa shape index (κ1) is 25.0. The molecule has 2 aromatic rings. The number of amides is 1. The van der Waals surface area contributed by atoms with Crippen molar-refractivity contribution in [2.45, 2.75) is 57.3 Å². The van der Waals surface area contributed by atoms with E-state index in [2.05, 4.69) is 51.8 Å². The molecule has 0 aromatic carbocycles. The van der Waals surface area contributed by atoms with Crippen LogP contribution in [0.15, 0.2) is 54.4 Å². The fourth-order valence-corrected chi connectivity index (χ4v) is 3.70. The SMILES string of the molecule is C=C.C=C(F)CCC(=O)N(CCCCCc1cc(C2CC2)nn1C)c1cc(Br)ccn1. The van der Waals surface area contributed by atoms with E-state index >= 15 is 0 Å². The molecule has 1 saturated carbocycles. The first-order valence-corrected chi connectivity index (χ1v) is 11.5. The minimum absolute atomic E-state index is 0.0488. The largest absolute Gasteiger partial charge is 0.297 e. The van der Waals surface area contributed by atoms with E-state index in [1.165, 1.54) is 24.2 Å². The van der Waals surface area contributed by atoms with Crippen molar-refractivity contribution in [3.05, 3.63) is 65.8 Å². The third-order valence-electron chi connectivity index (χ3n) is 5.20. The Morgan fingerprint density at radius 2 is 2.00 bits per heavy atom. The Labute approximate surface area is 193 Å². The van der Waals surface area contributed by atoms with Crippen molar-refractivity contribution >= 4 is 27.7 Å². The Morgan fingerprint density at radius 3 is 2.65 bits per heavy atom. The molecule has 3 rings (SSSR count). The Hall–Kier alpha value is -2.28. The second kappa shape index (κ2) is 12.5. The van der Waals surface area contributed by atoms with Crippen LogP contribution in [0.2, 0.25) is 0 Å². The van der Waals surface area contributed by atoms with Crippen LogP contribution in [0.5, 0.6) is 0 Å². The van der Waals surface area contributed by atoms with Crippen LogP contribution in [0.25, 0.3) is 0 Å². The molecule has 0 atom stereocenters. The zero-order valence-corrected chi connectivity index (χ0v) is 19.9. The van der Waals surface area contributed by atoms with Crippen LogP contribution in [0, 0.1) is 0 Å². The molecule has 168 valence electrons. The average molecular weight is 491 g/mol. The summed E-state index contributed by atoms with van der Waals surface area (Å²) in [6, 6.07) is 5.87. The highest BCUT2D eigenvalue weighted by Gasteiger charge is 2.26. The molecule has 0 aliphatic heterocycles. The highest BCUT2D eigenvalue weighted by atomic mass is 79.9. The van der Waals surface area contributed by atoms with Crippen molar-refractivity contribution in [2.24, 2.45) is 7.05 Å². The van der Waals surface area contributed by atoms with Crippen LogP contribution in [-0.2, 0) is 18.3 Å². The van der Waals surface area contributed by atoms with E-state index in [1.54, 1.807) is 11.1 Å². The van der Waals surface area contributed by atoms with Crippen LogP contribution < -0.4 is 4.90 Å². The van der Waals surface area contributed by atoms with Gasteiger partial charge in [-0.05, 0) is 50.3 Å². The van der Waals surface area contributed by atoms with Crippen molar-refractivity contribution < 1.29 is 9.18 Å². The lowest BCUT2D eigenvalue weighted by Gasteiger charge is -2.22. The van der Waals surface area contributed by atoms with Gasteiger partial charge >= 0.3 is 0 Å². The summed E-state index contributed by atoms with van der Waals surface area (Å²) in [5.41, 5.74) is 2.50. The number of pyridine rings is 1. The third kappa shape index (κ3) is 8.05. The maximum absolute atomic E-state index is 13.0. The summed E-state index contributed by atoms with van der Waals surface area (Å²) in [6.07, 6.45) is 8.23. The zero-order valence-electron chi connectivity index (χ0n) is 18.3. The molecule has 0 bridgehead atoms. The first-order chi connectivity index (χ1) is 14.9. The summed E-state index contributed by atoms with van der Waals surface area (Å²) < 4.78 is 15.9. The summed E-state index contributed by atoms with van der Waals surface area (Å²) >= 11 is 3.42. The Morgan fingerprint density at radius 1 is 1.26 bits per heavy atom. The van der Waals surface area contributed by atoms with Crippen LogP contribution in [0.4, 0.5) is 10.2 Å². The zero-order chi connectivity index (χ0) is 22.8. The van der Waals surface area contributed by atoms with Gasteiger partial charge in [0.1, 0.15) is 5.82 Å². The number of hydrogen-bond acceptors (Lipinski definition) is 3. The van der Waals surface area contributed by atoms with Crippen molar-refractivity contribution in [1.82, 2.24) is 14.8 Å². The van der Waals surface area contributed by atoms with E-state index in [-0.39, 0.29) is 18.7 Å². The molecule has 31 heavy (non-hydrogen) atoms. The van der Waals surface area contributed by atoms with Crippen LogP contribution in [-0.4, -0.2) is 27.2 Å². The van der Waals surface area contributed by atoms with Gasteiger partial charge in [-0.15, -0.1) is 13.2 Å². The summed E-state index contributed by atoms with van der Waals surface area (Å²) in [6.45, 7) is 9.81. The number of halogens is 2. The fourth-order valence-electron chi connectivity index (χ4n) is 3.38. The van der Waals surface area contributed by atoms with Gasteiger partial charge in [0, 0.05) is 48.7 Å². The lowest BCUT2D eigenvalue weighted by atomic mass is 10.1.